The van der Waals surface area contributed by atoms with Crippen molar-refractivity contribution in [1.29, 1.82) is 0 Å². The van der Waals surface area contributed by atoms with Crippen LogP contribution in [0.4, 0.5) is 0 Å². The third kappa shape index (κ3) is 4.92. The zero-order chi connectivity index (χ0) is 13.4. The summed E-state index contributed by atoms with van der Waals surface area (Å²) in [6.45, 7) is 3.08. The van der Waals surface area contributed by atoms with E-state index in [0.717, 1.165) is 19.3 Å². The average molecular weight is 259 g/mol. The number of methoxy groups -OCH3 is 1. The predicted octanol–water partition coefficient (Wildman–Crippen LogP) is 0.707. The quantitative estimate of drug-likeness (QED) is 0.661. The van der Waals surface area contributed by atoms with Gasteiger partial charge in [-0.2, -0.15) is 0 Å². The summed E-state index contributed by atoms with van der Waals surface area (Å²) in [5.74, 6) is 0.384. The lowest BCUT2D eigenvalue weighted by molar-refractivity contribution is -0.129. The lowest BCUT2D eigenvalue weighted by Crippen LogP contribution is -2.54. The second-order valence-corrected chi connectivity index (χ2v) is 5.23. The maximum absolute atomic E-state index is 11.8. The van der Waals surface area contributed by atoms with Gasteiger partial charge in [0.2, 0.25) is 5.91 Å². The molecule has 0 aromatic carbocycles. The number of aliphatic hydroxyl groups is 1. The number of carbonyl (C=O) groups excluding carboxylic acids is 1. The first-order valence-electron chi connectivity index (χ1n) is 6.60. The van der Waals surface area contributed by atoms with Crippen LogP contribution in [0.3, 0.4) is 0 Å². The van der Waals surface area contributed by atoms with Gasteiger partial charge in [0.25, 0.3) is 0 Å². The lowest BCUT2D eigenvalue weighted by Gasteiger charge is -2.39. The van der Waals surface area contributed by atoms with E-state index in [9.17, 15) is 9.90 Å². The molecule has 1 rings (SSSR count). The van der Waals surface area contributed by atoms with Crippen LogP contribution in [0.2, 0.25) is 0 Å². The van der Waals surface area contributed by atoms with Crippen molar-refractivity contribution < 1.29 is 19.4 Å². The van der Waals surface area contributed by atoms with Gasteiger partial charge >= 0.3 is 0 Å². The normalized spacial score (nSPS) is 28.1. The van der Waals surface area contributed by atoms with Crippen molar-refractivity contribution in [3.8, 4) is 0 Å². The number of rotatable bonds is 7. The van der Waals surface area contributed by atoms with Crippen molar-refractivity contribution in [1.82, 2.24) is 5.32 Å². The molecule has 1 fully saturated rings. The van der Waals surface area contributed by atoms with Gasteiger partial charge in [-0.15, -0.1) is 0 Å². The van der Waals surface area contributed by atoms with Gasteiger partial charge in [0.05, 0.1) is 25.4 Å². The van der Waals surface area contributed by atoms with Crippen LogP contribution in [-0.2, 0) is 14.3 Å². The van der Waals surface area contributed by atoms with Gasteiger partial charge in [-0.25, -0.2) is 0 Å². The Kier molecular flexibility index (Phi) is 6.60. The Bertz CT molecular complexity index is 259. The molecule has 5 heteroatoms. The van der Waals surface area contributed by atoms with Crippen molar-refractivity contribution >= 4 is 5.91 Å². The third-order valence-electron chi connectivity index (χ3n) is 3.46. The molecule has 0 aliphatic heterocycles. The van der Waals surface area contributed by atoms with E-state index in [4.69, 9.17) is 9.47 Å². The van der Waals surface area contributed by atoms with Crippen LogP contribution < -0.4 is 5.32 Å². The van der Waals surface area contributed by atoms with Crippen LogP contribution in [0, 0.1) is 5.92 Å². The Labute approximate surface area is 109 Å². The standard InChI is InChI=1S/C13H25NO4/c1-11-4-3-5-13(8-11,10-15)14-12(16)9-18-7-6-17-2/h11,15H,3-10H2,1-2H3,(H,14,16). The highest BCUT2D eigenvalue weighted by atomic mass is 16.5. The van der Waals surface area contributed by atoms with Gasteiger partial charge in [-0.3, -0.25) is 4.79 Å². The van der Waals surface area contributed by atoms with Crippen LogP contribution in [-0.4, -0.2) is 50.1 Å². The highest BCUT2D eigenvalue weighted by molar-refractivity contribution is 5.78. The number of amides is 1. The maximum Gasteiger partial charge on any atom is 0.246 e. The topological polar surface area (TPSA) is 67.8 Å². The molecule has 2 atom stereocenters. The Morgan fingerprint density at radius 3 is 2.89 bits per heavy atom. The molecule has 1 aliphatic carbocycles. The molecule has 1 aliphatic rings. The van der Waals surface area contributed by atoms with Crippen LogP contribution >= 0.6 is 0 Å². The van der Waals surface area contributed by atoms with Crippen LogP contribution in [0.15, 0.2) is 0 Å². The number of nitrogens with one attached hydrogen (secondary N) is 1. The Hall–Kier alpha value is -0.650. The molecule has 0 aromatic rings. The predicted molar refractivity (Wildman–Crippen MR) is 68.3 cm³/mol. The molecule has 5 nitrogen and oxygen atoms in total. The first-order valence-corrected chi connectivity index (χ1v) is 6.60. The van der Waals surface area contributed by atoms with E-state index in [1.807, 2.05) is 0 Å². The number of hydrogen-bond donors (Lipinski definition) is 2. The van der Waals surface area contributed by atoms with E-state index in [-0.39, 0.29) is 19.1 Å². The highest BCUT2D eigenvalue weighted by Crippen LogP contribution is 2.31. The number of carbonyl (C=O) groups is 1. The molecular formula is C13H25NO4. The largest absolute Gasteiger partial charge is 0.394 e. The number of ether oxygens (including phenoxy) is 2. The Morgan fingerprint density at radius 1 is 1.50 bits per heavy atom. The molecular weight excluding hydrogens is 234 g/mol. The van der Waals surface area contributed by atoms with Crippen molar-refractivity contribution in [2.45, 2.75) is 38.1 Å². The maximum atomic E-state index is 11.8. The fraction of sp³-hybridized carbons (Fsp3) is 0.923. The summed E-state index contributed by atoms with van der Waals surface area (Å²) in [6.07, 6.45) is 3.90. The van der Waals surface area contributed by atoms with Gasteiger partial charge in [-0.1, -0.05) is 19.8 Å². The smallest absolute Gasteiger partial charge is 0.246 e. The van der Waals surface area contributed by atoms with Gasteiger partial charge in [0, 0.05) is 7.11 Å². The van der Waals surface area contributed by atoms with Crippen molar-refractivity contribution in [2.24, 2.45) is 5.92 Å². The van der Waals surface area contributed by atoms with E-state index in [1.54, 1.807) is 7.11 Å². The van der Waals surface area contributed by atoms with Crippen molar-refractivity contribution in [2.75, 3.05) is 33.5 Å². The van der Waals surface area contributed by atoms with Gasteiger partial charge < -0.3 is 19.9 Å². The average Bonchev–Trinajstić information content (AvgIpc) is 2.34. The molecule has 0 spiro atoms. The SMILES string of the molecule is COCCOCC(=O)NC1(CO)CCCC(C)C1. The van der Waals surface area contributed by atoms with Crippen molar-refractivity contribution in [3.05, 3.63) is 0 Å². The molecule has 0 aromatic heterocycles. The Balaban J connectivity index is 2.35. The molecule has 1 saturated carbocycles. The molecule has 0 saturated heterocycles. The molecule has 18 heavy (non-hydrogen) atoms. The monoisotopic (exact) mass is 259 g/mol. The molecule has 0 bridgehead atoms. The van der Waals surface area contributed by atoms with E-state index < -0.39 is 5.54 Å². The van der Waals surface area contributed by atoms with E-state index in [2.05, 4.69) is 12.2 Å². The van der Waals surface area contributed by atoms with E-state index in [0.29, 0.717) is 19.1 Å². The zero-order valence-corrected chi connectivity index (χ0v) is 11.4. The minimum Gasteiger partial charge on any atom is -0.394 e. The van der Waals surface area contributed by atoms with E-state index >= 15 is 0 Å². The van der Waals surface area contributed by atoms with Crippen molar-refractivity contribution in [3.63, 3.8) is 0 Å². The molecule has 0 heterocycles. The molecule has 1 amide bonds. The van der Waals surface area contributed by atoms with Crippen LogP contribution in [0.25, 0.3) is 0 Å². The van der Waals surface area contributed by atoms with Crippen LogP contribution in [0.5, 0.6) is 0 Å². The molecule has 2 N–H and O–H groups in total. The van der Waals surface area contributed by atoms with Gasteiger partial charge in [0.1, 0.15) is 6.61 Å². The lowest BCUT2D eigenvalue weighted by atomic mass is 9.77. The van der Waals surface area contributed by atoms with Gasteiger partial charge in [0.15, 0.2) is 0 Å². The van der Waals surface area contributed by atoms with Gasteiger partial charge in [-0.05, 0) is 18.8 Å². The summed E-state index contributed by atoms with van der Waals surface area (Å²) in [5, 5.41) is 12.5. The summed E-state index contributed by atoms with van der Waals surface area (Å²) in [5.41, 5.74) is -0.445. The molecule has 106 valence electrons. The summed E-state index contributed by atoms with van der Waals surface area (Å²) >= 11 is 0. The second kappa shape index (κ2) is 7.71. The molecule has 2 unspecified atom stereocenters. The molecule has 0 radical (unpaired) electrons. The minimum atomic E-state index is -0.445. The van der Waals surface area contributed by atoms with E-state index in [1.165, 1.54) is 6.42 Å². The summed E-state index contributed by atoms with van der Waals surface area (Å²) in [4.78, 5) is 11.8. The highest BCUT2D eigenvalue weighted by Gasteiger charge is 2.35. The number of aliphatic hydroxyl groups excluding tert-OH is 1. The fourth-order valence-corrected chi connectivity index (χ4v) is 2.60. The summed E-state index contributed by atoms with van der Waals surface area (Å²) in [7, 11) is 1.59. The fourth-order valence-electron chi connectivity index (χ4n) is 2.60. The first-order chi connectivity index (χ1) is 8.62. The first kappa shape index (κ1) is 15.4. The summed E-state index contributed by atoms with van der Waals surface area (Å²) in [6, 6.07) is 0. The summed E-state index contributed by atoms with van der Waals surface area (Å²) < 4.78 is 10.0. The second-order valence-electron chi connectivity index (χ2n) is 5.23. The number of hydrogen-bond acceptors (Lipinski definition) is 4. The van der Waals surface area contributed by atoms with Crippen LogP contribution in [0.1, 0.15) is 32.6 Å². The zero-order valence-electron chi connectivity index (χ0n) is 11.4. The minimum absolute atomic E-state index is 0.00114. The Morgan fingerprint density at radius 2 is 2.28 bits per heavy atom. The third-order valence-corrected chi connectivity index (χ3v) is 3.46.